The van der Waals surface area contributed by atoms with E-state index in [1.807, 2.05) is 43.3 Å². The molecule has 30 heavy (non-hydrogen) atoms. The molecule has 7 heteroatoms. The third-order valence-electron chi connectivity index (χ3n) is 5.40. The van der Waals surface area contributed by atoms with Gasteiger partial charge in [0.2, 0.25) is 0 Å². The number of hydrogen-bond acceptors (Lipinski definition) is 5. The van der Waals surface area contributed by atoms with E-state index in [1.165, 1.54) is 11.3 Å². The van der Waals surface area contributed by atoms with Crippen molar-refractivity contribution in [3.8, 4) is 21.8 Å². The number of fused-ring (bicyclic) bond motifs is 1. The number of H-pyrrole nitrogens is 1. The predicted molar refractivity (Wildman–Crippen MR) is 117 cm³/mol. The van der Waals surface area contributed by atoms with Gasteiger partial charge in [0.15, 0.2) is 5.78 Å². The number of aromatic amines is 1. The summed E-state index contributed by atoms with van der Waals surface area (Å²) in [6, 6.07) is 12.8. The number of Topliss-reactive ketones (excluding diaryl/α,β-unsaturated/α-hetero) is 1. The van der Waals surface area contributed by atoms with Crippen LogP contribution in [-0.2, 0) is 6.42 Å². The fourth-order valence-electron chi connectivity index (χ4n) is 3.90. The Morgan fingerprint density at radius 3 is 2.67 bits per heavy atom. The molecule has 0 fully saturated rings. The quantitative estimate of drug-likeness (QED) is 0.451. The van der Waals surface area contributed by atoms with Gasteiger partial charge in [-0.15, -0.1) is 11.3 Å². The zero-order valence-corrected chi connectivity index (χ0v) is 17.6. The van der Waals surface area contributed by atoms with E-state index in [2.05, 4.69) is 4.98 Å². The normalized spacial score (nSPS) is 15.9. The van der Waals surface area contributed by atoms with Gasteiger partial charge in [-0.1, -0.05) is 23.7 Å². The van der Waals surface area contributed by atoms with Crippen molar-refractivity contribution in [3.63, 3.8) is 0 Å². The predicted octanol–water partition coefficient (Wildman–Crippen LogP) is 5.63. The number of nitrogens with zero attached hydrogens (tertiary/aromatic N) is 1. The number of nitrogens with one attached hydrogen (secondary N) is 1. The Morgan fingerprint density at radius 2 is 1.93 bits per heavy atom. The maximum absolute atomic E-state index is 12.9. The maximum atomic E-state index is 12.9. The number of aryl methyl sites for hydroxylation is 1. The van der Waals surface area contributed by atoms with Crippen LogP contribution in [0.1, 0.15) is 39.0 Å². The average molecular weight is 437 g/mol. The number of pyridine rings is 1. The van der Waals surface area contributed by atoms with Gasteiger partial charge in [0, 0.05) is 39.1 Å². The number of aromatic nitrogens is 2. The van der Waals surface area contributed by atoms with Crippen molar-refractivity contribution in [1.29, 1.82) is 0 Å². The minimum atomic E-state index is -0.238. The molecular formula is C23H17ClN2O3S. The lowest BCUT2D eigenvalue weighted by atomic mass is 9.84. The molecular weight excluding hydrogens is 420 g/mol. The fourth-order valence-corrected chi connectivity index (χ4v) is 4.98. The molecule has 4 aromatic rings. The van der Waals surface area contributed by atoms with Gasteiger partial charge in [0.05, 0.1) is 17.5 Å². The highest BCUT2D eigenvalue weighted by molar-refractivity contribution is 7.15. The van der Waals surface area contributed by atoms with Crippen molar-refractivity contribution in [2.24, 2.45) is 0 Å². The summed E-state index contributed by atoms with van der Waals surface area (Å²) in [4.78, 5) is 34.3. The van der Waals surface area contributed by atoms with E-state index in [0.717, 1.165) is 21.9 Å². The van der Waals surface area contributed by atoms with Crippen molar-refractivity contribution in [2.75, 3.05) is 0 Å². The molecule has 150 valence electrons. The summed E-state index contributed by atoms with van der Waals surface area (Å²) in [6.07, 6.45) is 2.53. The van der Waals surface area contributed by atoms with E-state index in [9.17, 15) is 9.59 Å². The van der Waals surface area contributed by atoms with E-state index >= 15 is 0 Å². The number of benzene rings is 1. The molecule has 5 nitrogen and oxygen atoms in total. The Bertz CT molecular complexity index is 1300. The Labute approximate surface area is 181 Å². The molecule has 1 atom stereocenters. The van der Waals surface area contributed by atoms with Gasteiger partial charge in [-0.2, -0.15) is 0 Å². The molecule has 1 N–H and O–H groups in total. The topological polar surface area (TPSA) is 76.0 Å². The molecule has 0 saturated carbocycles. The van der Waals surface area contributed by atoms with Crippen LogP contribution in [-0.4, -0.2) is 15.8 Å². The lowest BCUT2D eigenvalue weighted by molar-refractivity contribution is 0.0959. The minimum Gasteiger partial charge on any atom is -0.469 e. The van der Waals surface area contributed by atoms with Gasteiger partial charge in [0.1, 0.15) is 10.8 Å². The molecule has 3 aromatic heterocycles. The Hall–Kier alpha value is -2.96. The van der Waals surface area contributed by atoms with Crippen LogP contribution in [0.3, 0.4) is 0 Å². The largest absolute Gasteiger partial charge is 0.469 e. The highest BCUT2D eigenvalue weighted by atomic mass is 35.5. The van der Waals surface area contributed by atoms with Crippen LogP contribution in [0.4, 0.5) is 0 Å². The zero-order valence-electron chi connectivity index (χ0n) is 16.1. The van der Waals surface area contributed by atoms with E-state index in [0.29, 0.717) is 39.7 Å². The Balaban J connectivity index is 1.54. The molecule has 0 aliphatic heterocycles. The summed E-state index contributed by atoms with van der Waals surface area (Å²) < 4.78 is 5.46. The molecule has 0 saturated heterocycles. The first kappa shape index (κ1) is 19.0. The second-order valence-electron chi connectivity index (χ2n) is 7.38. The molecule has 5 rings (SSSR count). The molecule has 1 aliphatic rings. The van der Waals surface area contributed by atoms with Gasteiger partial charge in [-0.25, -0.2) is 4.98 Å². The molecule has 0 amide bonds. The van der Waals surface area contributed by atoms with Gasteiger partial charge in [-0.3, -0.25) is 9.59 Å². The van der Waals surface area contributed by atoms with Gasteiger partial charge in [0.25, 0.3) is 5.56 Å². The summed E-state index contributed by atoms with van der Waals surface area (Å²) in [7, 11) is 0. The van der Waals surface area contributed by atoms with Crippen molar-refractivity contribution < 1.29 is 9.21 Å². The molecule has 1 aliphatic carbocycles. The SMILES string of the molecule is Cc1sc(-c2cc3c([nH]c2=O)C[C@@H](c2ccco2)CC3=O)nc1-c1ccc(Cl)cc1. The van der Waals surface area contributed by atoms with Crippen LogP contribution < -0.4 is 5.56 Å². The number of carbonyl (C=O) groups is 1. The molecule has 0 radical (unpaired) electrons. The molecule has 0 bridgehead atoms. The third kappa shape index (κ3) is 3.32. The standard InChI is InChI=1S/C23H17ClN2O3S/c1-12-21(13-4-6-15(24)7-5-13)26-23(30-12)17-11-16-18(25-22(17)28)9-14(10-19(16)27)20-3-2-8-29-20/h2-8,11,14H,9-10H2,1H3,(H,25,28)/t14-/m1/s1. The monoisotopic (exact) mass is 436 g/mol. The van der Waals surface area contributed by atoms with E-state index in [1.54, 1.807) is 12.3 Å². The summed E-state index contributed by atoms with van der Waals surface area (Å²) in [5.41, 5.74) is 3.16. The number of rotatable bonds is 3. The van der Waals surface area contributed by atoms with Crippen molar-refractivity contribution >= 4 is 28.7 Å². The van der Waals surface area contributed by atoms with Crippen molar-refractivity contribution in [1.82, 2.24) is 9.97 Å². The zero-order chi connectivity index (χ0) is 20.8. The average Bonchev–Trinajstić information content (AvgIpc) is 3.38. The first-order valence-corrected chi connectivity index (χ1v) is 10.8. The number of ketones is 1. The van der Waals surface area contributed by atoms with Crippen LogP contribution in [0.5, 0.6) is 0 Å². The van der Waals surface area contributed by atoms with Crippen molar-refractivity contribution in [3.05, 3.63) is 86.0 Å². The third-order valence-corrected chi connectivity index (χ3v) is 6.65. The lowest BCUT2D eigenvalue weighted by Gasteiger charge is -2.22. The summed E-state index contributed by atoms with van der Waals surface area (Å²) in [5, 5.41) is 1.26. The van der Waals surface area contributed by atoms with Gasteiger partial charge >= 0.3 is 0 Å². The number of thiazole rings is 1. The maximum Gasteiger partial charge on any atom is 0.258 e. The number of hydrogen-bond donors (Lipinski definition) is 1. The summed E-state index contributed by atoms with van der Waals surface area (Å²) >= 11 is 7.42. The summed E-state index contributed by atoms with van der Waals surface area (Å²) in [6.45, 7) is 1.97. The molecule has 3 heterocycles. The van der Waals surface area contributed by atoms with E-state index in [-0.39, 0.29) is 17.3 Å². The second-order valence-corrected chi connectivity index (χ2v) is 9.02. The van der Waals surface area contributed by atoms with E-state index in [4.69, 9.17) is 21.0 Å². The smallest absolute Gasteiger partial charge is 0.258 e. The fraction of sp³-hybridized carbons (Fsp3) is 0.174. The highest BCUT2D eigenvalue weighted by Crippen LogP contribution is 2.35. The Kier molecular flexibility index (Phi) is 4.68. The summed E-state index contributed by atoms with van der Waals surface area (Å²) in [5.74, 6) is 0.712. The first-order valence-electron chi connectivity index (χ1n) is 9.56. The molecule has 0 spiro atoms. The Morgan fingerprint density at radius 1 is 1.13 bits per heavy atom. The number of carbonyl (C=O) groups excluding carboxylic acids is 1. The first-order chi connectivity index (χ1) is 14.5. The van der Waals surface area contributed by atoms with E-state index < -0.39 is 0 Å². The minimum absolute atomic E-state index is 0.00125. The highest BCUT2D eigenvalue weighted by Gasteiger charge is 2.30. The number of halogens is 1. The second kappa shape index (κ2) is 7.38. The molecule has 1 aromatic carbocycles. The van der Waals surface area contributed by atoms with Gasteiger partial charge in [-0.05, 0) is 43.7 Å². The van der Waals surface area contributed by atoms with Crippen LogP contribution >= 0.6 is 22.9 Å². The van der Waals surface area contributed by atoms with Crippen LogP contribution in [0.15, 0.2) is 57.9 Å². The van der Waals surface area contributed by atoms with Crippen LogP contribution in [0.25, 0.3) is 21.8 Å². The number of furan rings is 1. The molecule has 0 unspecified atom stereocenters. The van der Waals surface area contributed by atoms with Gasteiger partial charge < -0.3 is 9.40 Å². The van der Waals surface area contributed by atoms with Crippen LogP contribution in [0.2, 0.25) is 5.02 Å². The lowest BCUT2D eigenvalue weighted by Crippen LogP contribution is -2.24. The van der Waals surface area contributed by atoms with Crippen molar-refractivity contribution in [2.45, 2.75) is 25.7 Å². The van der Waals surface area contributed by atoms with Crippen LogP contribution in [0, 0.1) is 6.92 Å².